The zero-order valence-corrected chi connectivity index (χ0v) is 38.1. The van der Waals surface area contributed by atoms with Crippen molar-refractivity contribution in [1.29, 1.82) is 0 Å². The molecule has 4 heteroatoms. The average Bonchev–Trinajstić information content (AvgIpc) is 3.83. The van der Waals surface area contributed by atoms with E-state index >= 15 is 0 Å². The van der Waals surface area contributed by atoms with E-state index in [0.29, 0.717) is 0 Å². The summed E-state index contributed by atoms with van der Waals surface area (Å²) in [5.41, 5.74) is 18.0. The van der Waals surface area contributed by atoms with Crippen LogP contribution >= 0.6 is 22.2 Å². The van der Waals surface area contributed by atoms with Gasteiger partial charge in [-0.2, -0.15) is 12.1 Å². The van der Waals surface area contributed by atoms with Crippen LogP contribution in [0.3, 0.4) is 0 Å². The van der Waals surface area contributed by atoms with Gasteiger partial charge in [-0.15, -0.1) is 79.1 Å². The van der Waals surface area contributed by atoms with E-state index in [0.717, 1.165) is 0 Å². The Hall–Kier alpha value is -2.22. The first-order valence-electron chi connectivity index (χ1n) is 18.9. The number of fused-ring (bicyclic) bond motifs is 4. The average molecular weight is 823 g/mol. The third kappa shape index (κ3) is 9.34. The fourth-order valence-electron chi connectivity index (χ4n) is 8.08. The smallest absolute Gasteiger partial charge is 0.165 e. The summed E-state index contributed by atoms with van der Waals surface area (Å²) in [6, 6.07) is 32.8. The number of halogens is 2. The van der Waals surface area contributed by atoms with Gasteiger partial charge in [0.05, 0.1) is 0 Å². The van der Waals surface area contributed by atoms with Crippen molar-refractivity contribution in [2.24, 2.45) is 0 Å². The Kier molecular flexibility index (Phi) is 12.5. The maximum Gasteiger partial charge on any atom is 2.00 e. The summed E-state index contributed by atoms with van der Waals surface area (Å²) in [5.74, 6) is 0. The Labute approximate surface area is 343 Å². The van der Waals surface area contributed by atoms with Gasteiger partial charge in [-0.05, 0) is 84.7 Å². The second kappa shape index (κ2) is 15.9. The van der Waals surface area contributed by atoms with E-state index in [1.54, 1.807) is 22.3 Å². The third-order valence-electron chi connectivity index (χ3n) is 10.5. The summed E-state index contributed by atoms with van der Waals surface area (Å²) in [6.45, 7) is 20.1. The van der Waals surface area contributed by atoms with Crippen LogP contribution in [0.5, 0.6) is 0 Å². The van der Waals surface area contributed by atoms with E-state index in [1.807, 2.05) is 13.1 Å². The first-order valence-corrected chi connectivity index (χ1v) is 23.9. The zero-order chi connectivity index (χ0) is 36.9. The summed E-state index contributed by atoms with van der Waals surface area (Å²) in [4.78, 5) is 0. The first kappa shape index (κ1) is 41.0. The van der Waals surface area contributed by atoms with Gasteiger partial charge in [0.2, 0.25) is 6.69 Å². The standard InChI is InChI=1S/2C23H25.C2H6Cl2Si.Zr/c2*1-15-12-18-14-17-6-5-7-20(17)22(21(18)13-15)16-8-10-19(11-9-16)23(2,3)4;1-5(2,3)4;/h2*8-14H,5-7H2,1-4H3;1-2H3;/q2*-1;;+2. The van der Waals surface area contributed by atoms with Gasteiger partial charge in [-0.3, -0.25) is 0 Å². The normalized spacial score (nSPS) is 13.9. The van der Waals surface area contributed by atoms with Gasteiger partial charge in [0.25, 0.3) is 0 Å². The largest absolute Gasteiger partial charge is 2.00 e. The van der Waals surface area contributed by atoms with Crippen LogP contribution in [0.4, 0.5) is 0 Å². The van der Waals surface area contributed by atoms with E-state index in [4.69, 9.17) is 22.2 Å². The molecule has 2 aliphatic carbocycles. The molecule has 0 spiro atoms. The minimum atomic E-state index is -1.67. The SMILES string of the molecule is C[Si](C)(Cl)Cl.Cc1cc2c(-c3ccc(C(C)(C)C)cc3)c3c(cc2[cH-]1)CCC3.Cc1cc2c(-c3ccc(C(C)(C)C)cc3)c3c(cc2[cH-]1)CCC3.[Zr+2]. The molecule has 0 fully saturated rings. The minimum Gasteiger partial charge on any atom is -0.165 e. The molecular formula is C48H56Cl2SiZr. The molecule has 0 bridgehead atoms. The van der Waals surface area contributed by atoms with Crippen molar-refractivity contribution < 1.29 is 26.2 Å². The van der Waals surface area contributed by atoms with E-state index in [2.05, 4.69) is 140 Å². The Balaban J connectivity index is 0.000000175. The first-order chi connectivity index (χ1) is 23.9. The van der Waals surface area contributed by atoms with Gasteiger partial charge in [0, 0.05) is 0 Å². The molecule has 6 aromatic rings. The molecule has 0 atom stereocenters. The predicted octanol–water partition coefficient (Wildman–Crippen LogP) is 14.8. The Morgan fingerprint density at radius 2 is 0.865 bits per heavy atom. The van der Waals surface area contributed by atoms with Crippen molar-refractivity contribution in [1.82, 2.24) is 0 Å². The molecular weight excluding hydrogens is 767 g/mol. The van der Waals surface area contributed by atoms with Crippen molar-refractivity contribution >= 4 is 50.4 Å². The summed E-state index contributed by atoms with van der Waals surface area (Å²) in [6.07, 6.45) is 7.53. The van der Waals surface area contributed by atoms with Gasteiger partial charge >= 0.3 is 26.2 Å². The minimum absolute atomic E-state index is 0. The maximum atomic E-state index is 5.43. The van der Waals surface area contributed by atoms with Crippen LogP contribution in [0.25, 0.3) is 43.8 Å². The van der Waals surface area contributed by atoms with Crippen LogP contribution in [0.2, 0.25) is 13.1 Å². The number of hydrogen-bond acceptors (Lipinski definition) is 0. The Morgan fingerprint density at radius 3 is 1.17 bits per heavy atom. The van der Waals surface area contributed by atoms with Gasteiger partial charge in [-0.1, -0.05) is 137 Å². The third-order valence-corrected chi connectivity index (χ3v) is 10.5. The van der Waals surface area contributed by atoms with Crippen molar-refractivity contribution in [3.8, 4) is 22.3 Å². The van der Waals surface area contributed by atoms with Crippen LogP contribution < -0.4 is 0 Å². The molecule has 0 saturated heterocycles. The Bertz CT molecular complexity index is 2000. The molecule has 0 nitrogen and oxygen atoms in total. The number of hydrogen-bond donors (Lipinski definition) is 0. The van der Waals surface area contributed by atoms with E-state index in [9.17, 15) is 0 Å². The molecule has 0 radical (unpaired) electrons. The summed E-state index contributed by atoms with van der Waals surface area (Å²) >= 11 is 10.9. The van der Waals surface area contributed by atoms with Crippen LogP contribution in [-0.4, -0.2) is 6.69 Å². The van der Waals surface area contributed by atoms with Crippen LogP contribution in [0.15, 0.2) is 84.9 Å². The van der Waals surface area contributed by atoms with Gasteiger partial charge < -0.3 is 0 Å². The van der Waals surface area contributed by atoms with Crippen molar-refractivity contribution in [3.63, 3.8) is 0 Å². The molecule has 0 N–H and O–H groups in total. The van der Waals surface area contributed by atoms with Crippen LogP contribution in [0.1, 0.15) is 98.9 Å². The van der Waals surface area contributed by atoms with E-state index in [-0.39, 0.29) is 37.0 Å². The van der Waals surface area contributed by atoms with E-state index < -0.39 is 6.69 Å². The Morgan fingerprint density at radius 1 is 0.538 bits per heavy atom. The van der Waals surface area contributed by atoms with Crippen LogP contribution in [0, 0.1) is 13.8 Å². The summed E-state index contributed by atoms with van der Waals surface area (Å²) in [7, 11) is 0. The summed E-state index contributed by atoms with van der Waals surface area (Å²) in [5, 5.41) is 5.70. The predicted molar refractivity (Wildman–Crippen MR) is 230 cm³/mol. The molecule has 270 valence electrons. The second-order valence-electron chi connectivity index (χ2n) is 17.5. The molecule has 0 unspecified atom stereocenters. The monoisotopic (exact) mass is 820 g/mol. The van der Waals surface area contributed by atoms with Crippen LogP contribution in [-0.2, 0) is 62.7 Å². The molecule has 0 heterocycles. The fraction of sp³-hybridized carbons (Fsp3) is 0.375. The van der Waals surface area contributed by atoms with Crippen molar-refractivity contribution in [2.45, 2.75) is 118 Å². The number of rotatable bonds is 2. The van der Waals surface area contributed by atoms with E-state index in [1.165, 1.54) is 105 Å². The fourth-order valence-corrected chi connectivity index (χ4v) is 8.08. The van der Waals surface area contributed by atoms with Gasteiger partial charge in [0.15, 0.2) is 0 Å². The molecule has 0 saturated carbocycles. The molecule has 0 aliphatic heterocycles. The molecule has 52 heavy (non-hydrogen) atoms. The molecule has 6 aromatic carbocycles. The van der Waals surface area contributed by atoms with Gasteiger partial charge in [0.1, 0.15) is 0 Å². The number of aryl methyl sites for hydroxylation is 4. The molecule has 0 amide bonds. The van der Waals surface area contributed by atoms with Crippen molar-refractivity contribution in [3.05, 3.63) is 129 Å². The second-order valence-corrected chi connectivity index (χ2v) is 26.4. The quantitative estimate of drug-likeness (QED) is 0.0927. The van der Waals surface area contributed by atoms with Gasteiger partial charge in [-0.25, -0.2) is 0 Å². The number of benzene rings is 4. The summed E-state index contributed by atoms with van der Waals surface area (Å²) < 4.78 is 0. The molecule has 0 aromatic heterocycles. The molecule has 2 aliphatic rings. The zero-order valence-electron chi connectivity index (χ0n) is 33.1. The van der Waals surface area contributed by atoms with Crippen molar-refractivity contribution in [2.75, 3.05) is 0 Å². The maximum absolute atomic E-state index is 5.43. The topological polar surface area (TPSA) is 0 Å². The molecule has 8 rings (SSSR count).